The summed E-state index contributed by atoms with van der Waals surface area (Å²) < 4.78 is 19.9. The molecule has 6 nitrogen and oxygen atoms in total. The second-order valence-electron chi connectivity index (χ2n) is 7.70. The fourth-order valence-corrected chi connectivity index (χ4v) is 3.63. The first-order valence-corrected chi connectivity index (χ1v) is 10.8. The highest BCUT2D eigenvalue weighted by atomic mass is 19.1. The normalized spacial score (nSPS) is 13.7. The zero-order chi connectivity index (χ0) is 23.0. The largest absolute Gasteiger partial charge is 0.453 e. The molecule has 0 atom stereocenters. The Hall–Kier alpha value is -4.00. The minimum Gasteiger partial charge on any atom is -0.453 e. The number of hydrogen-bond donors (Lipinski definition) is 1. The monoisotopic (exact) mass is 445 g/mol. The highest BCUT2D eigenvalue weighted by Gasteiger charge is 2.20. The van der Waals surface area contributed by atoms with Crippen LogP contribution in [0.1, 0.15) is 35.2 Å². The lowest BCUT2D eigenvalue weighted by atomic mass is 10.1. The predicted molar refractivity (Wildman–Crippen MR) is 125 cm³/mol. The Balaban J connectivity index is 1.41. The summed E-state index contributed by atoms with van der Waals surface area (Å²) in [6, 6.07) is 14.8. The first-order valence-electron chi connectivity index (χ1n) is 10.8. The van der Waals surface area contributed by atoms with Crippen molar-refractivity contribution in [2.75, 3.05) is 18.4 Å². The highest BCUT2D eigenvalue weighted by Crippen LogP contribution is 2.25. The van der Waals surface area contributed by atoms with Crippen molar-refractivity contribution >= 4 is 23.6 Å². The molecule has 0 radical (unpaired) electrons. The van der Waals surface area contributed by atoms with Gasteiger partial charge in [-0.3, -0.25) is 14.6 Å². The van der Waals surface area contributed by atoms with Gasteiger partial charge in [0.05, 0.1) is 17.4 Å². The molecule has 1 fully saturated rings. The Morgan fingerprint density at radius 1 is 1.03 bits per heavy atom. The number of para-hydroxylation sites is 1. The minimum atomic E-state index is -0.557. The van der Waals surface area contributed by atoms with Crippen molar-refractivity contribution in [3.05, 3.63) is 90.0 Å². The fraction of sp³-hybridized carbons (Fsp3) is 0.192. The minimum absolute atomic E-state index is 0.0646. The van der Waals surface area contributed by atoms with Gasteiger partial charge in [-0.25, -0.2) is 4.39 Å². The lowest BCUT2D eigenvalue weighted by molar-refractivity contribution is -0.111. The summed E-state index contributed by atoms with van der Waals surface area (Å²) in [4.78, 5) is 31.1. The van der Waals surface area contributed by atoms with Gasteiger partial charge in [-0.15, -0.1) is 0 Å². The third kappa shape index (κ3) is 5.83. The van der Waals surface area contributed by atoms with Crippen LogP contribution in [0.4, 0.5) is 10.1 Å². The third-order valence-corrected chi connectivity index (χ3v) is 5.30. The molecule has 33 heavy (non-hydrogen) atoms. The molecule has 168 valence electrons. The van der Waals surface area contributed by atoms with Gasteiger partial charge in [0.2, 0.25) is 5.91 Å². The van der Waals surface area contributed by atoms with E-state index in [4.69, 9.17) is 4.74 Å². The Morgan fingerprint density at radius 2 is 1.85 bits per heavy atom. The molecule has 0 bridgehead atoms. The number of nitrogens with zero attached hydrogens (tertiary/aromatic N) is 2. The van der Waals surface area contributed by atoms with Crippen molar-refractivity contribution in [3.63, 3.8) is 0 Å². The Kier molecular flexibility index (Phi) is 7.09. The summed E-state index contributed by atoms with van der Waals surface area (Å²) in [5, 5.41) is 2.76. The van der Waals surface area contributed by atoms with Gasteiger partial charge in [0.15, 0.2) is 11.6 Å². The van der Waals surface area contributed by atoms with Crippen LogP contribution < -0.4 is 10.1 Å². The topological polar surface area (TPSA) is 71.5 Å². The molecule has 0 aliphatic carbocycles. The number of anilines is 1. The molecule has 3 aromatic rings. The van der Waals surface area contributed by atoms with Crippen LogP contribution in [-0.2, 0) is 4.79 Å². The molecule has 1 aliphatic rings. The predicted octanol–water partition coefficient (Wildman–Crippen LogP) is 5.29. The summed E-state index contributed by atoms with van der Waals surface area (Å²) >= 11 is 0. The summed E-state index contributed by atoms with van der Waals surface area (Å²) in [6.45, 7) is 1.46. The molecule has 7 heteroatoms. The fourth-order valence-electron chi connectivity index (χ4n) is 3.63. The molecule has 2 heterocycles. The Bertz CT molecular complexity index is 1160. The van der Waals surface area contributed by atoms with Gasteiger partial charge in [0.25, 0.3) is 5.91 Å². The van der Waals surface area contributed by atoms with Crippen LogP contribution in [0.15, 0.2) is 73.1 Å². The van der Waals surface area contributed by atoms with Gasteiger partial charge < -0.3 is 15.0 Å². The van der Waals surface area contributed by atoms with Crippen LogP contribution in [0.5, 0.6) is 11.5 Å². The molecule has 1 N–H and O–H groups in total. The maximum absolute atomic E-state index is 14.4. The van der Waals surface area contributed by atoms with E-state index in [2.05, 4.69) is 10.3 Å². The van der Waals surface area contributed by atoms with E-state index in [1.807, 2.05) is 4.90 Å². The van der Waals surface area contributed by atoms with Crippen molar-refractivity contribution in [1.29, 1.82) is 0 Å². The standard InChI is InChI=1S/C26H24FN3O3/c27-22-17-19(10-12-24(22)33-20-7-6-14-28-18-20)11-13-25(31)29-23-9-3-2-8-21(23)26(32)30-15-4-1-5-16-30/h2-3,6-14,17-18H,1,4-5,15-16H2,(H,29,31)/b13-11+. The van der Waals surface area contributed by atoms with Crippen molar-refractivity contribution in [2.24, 2.45) is 0 Å². The summed E-state index contributed by atoms with van der Waals surface area (Å²) in [7, 11) is 0. The van der Waals surface area contributed by atoms with E-state index >= 15 is 0 Å². The maximum Gasteiger partial charge on any atom is 0.255 e. The molecular weight excluding hydrogens is 421 g/mol. The summed E-state index contributed by atoms with van der Waals surface area (Å²) in [5.74, 6) is -0.559. The number of amides is 2. The van der Waals surface area contributed by atoms with Crippen LogP contribution in [0.3, 0.4) is 0 Å². The quantitative estimate of drug-likeness (QED) is 0.523. The number of rotatable bonds is 6. The van der Waals surface area contributed by atoms with Gasteiger partial charge in [-0.2, -0.15) is 0 Å². The van der Waals surface area contributed by atoms with E-state index < -0.39 is 11.7 Å². The SMILES string of the molecule is O=C(/C=C/c1ccc(Oc2cccnc2)c(F)c1)Nc1ccccc1C(=O)N1CCCCC1. The number of hydrogen-bond acceptors (Lipinski definition) is 4. The van der Waals surface area contributed by atoms with E-state index in [0.717, 1.165) is 32.4 Å². The van der Waals surface area contributed by atoms with Gasteiger partial charge in [0, 0.05) is 25.4 Å². The number of carbonyl (C=O) groups is 2. The molecule has 1 aromatic heterocycles. The van der Waals surface area contributed by atoms with Crippen LogP contribution in [0.25, 0.3) is 6.08 Å². The zero-order valence-electron chi connectivity index (χ0n) is 18.0. The second-order valence-corrected chi connectivity index (χ2v) is 7.70. The third-order valence-electron chi connectivity index (χ3n) is 5.30. The average molecular weight is 445 g/mol. The molecule has 0 unspecified atom stereocenters. The van der Waals surface area contributed by atoms with Gasteiger partial charge >= 0.3 is 0 Å². The lowest BCUT2D eigenvalue weighted by Gasteiger charge is -2.27. The van der Waals surface area contributed by atoms with Crippen molar-refractivity contribution in [1.82, 2.24) is 9.88 Å². The molecule has 0 saturated carbocycles. The van der Waals surface area contributed by atoms with Crippen LogP contribution in [0.2, 0.25) is 0 Å². The first kappa shape index (κ1) is 22.2. The maximum atomic E-state index is 14.4. The molecule has 2 amide bonds. The van der Waals surface area contributed by atoms with Gasteiger partial charge in [0.1, 0.15) is 5.75 Å². The van der Waals surface area contributed by atoms with Crippen LogP contribution in [0, 0.1) is 5.82 Å². The van der Waals surface area contributed by atoms with Crippen molar-refractivity contribution in [3.8, 4) is 11.5 Å². The van der Waals surface area contributed by atoms with E-state index in [0.29, 0.717) is 22.6 Å². The van der Waals surface area contributed by atoms with Crippen molar-refractivity contribution in [2.45, 2.75) is 19.3 Å². The molecule has 2 aromatic carbocycles. The molecule has 1 aliphatic heterocycles. The molecule has 0 spiro atoms. The smallest absolute Gasteiger partial charge is 0.255 e. The number of aromatic nitrogens is 1. The molecular formula is C26H24FN3O3. The summed E-state index contributed by atoms with van der Waals surface area (Å²) in [5.41, 5.74) is 1.41. The van der Waals surface area contributed by atoms with E-state index in [1.165, 1.54) is 30.5 Å². The van der Waals surface area contributed by atoms with Gasteiger partial charge in [-0.1, -0.05) is 18.2 Å². The number of carbonyl (C=O) groups excluding carboxylic acids is 2. The Labute approximate surface area is 191 Å². The Morgan fingerprint density at radius 3 is 2.61 bits per heavy atom. The number of piperidine rings is 1. The van der Waals surface area contributed by atoms with E-state index in [1.54, 1.807) is 48.7 Å². The van der Waals surface area contributed by atoms with Crippen LogP contribution >= 0.6 is 0 Å². The lowest BCUT2D eigenvalue weighted by Crippen LogP contribution is -2.36. The molecule has 4 rings (SSSR count). The van der Waals surface area contributed by atoms with Gasteiger partial charge in [-0.05, 0) is 67.3 Å². The number of halogens is 1. The second kappa shape index (κ2) is 10.5. The van der Waals surface area contributed by atoms with Crippen LogP contribution in [-0.4, -0.2) is 34.8 Å². The number of pyridine rings is 1. The van der Waals surface area contributed by atoms with Crippen molar-refractivity contribution < 1.29 is 18.7 Å². The zero-order valence-corrected chi connectivity index (χ0v) is 18.0. The number of likely N-dealkylation sites (tertiary alicyclic amines) is 1. The number of ether oxygens (including phenoxy) is 1. The highest BCUT2D eigenvalue weighted by molar-refractivity contribution is 6.07. The summed E-state index contributed by atoms with van der Waals surface area (Å²) in [6.07, 6.45) is 9.01. The first-order chi connectivity index (χ1) is 16.1. The number of nitrogens with one attached hydrogen (secondary N) is 1. The van der Waals surface area contributed by atoms with E-state index in [9.17, 15) is 14.0 Å². The van der Waals surface area contributed by atoms with E-state index in [-0.39, 0.29) is 11.7 Å². The molecule has 1 saturated heterocycles. The number of benzene rings is 2. The average Bonchev–Trinajstić information content (AvgIpc) is 2.85.